The van der Waals surface area contributed by atoms with E-state index in [0.717, 1.165) is 0 Å². The van der Waals surface area contributed by atoms with Crippen LogP contribution in [-0.4, -0.2) is 77.5 Å². The minimum Gasteiger partial charge on any atom is -0.448 e. The summed E-state index contributed by atoms with van der Waals surface area (Å²) in [6, 6.07) is 11.7. The predicted octanol–water partition coefficient (Wildman–Crippen LogP) is 8.72. The van der Waals surface area contributed by atoms with E-state index in [1.807, 2.05) is 0 Å². The van der Waals surface area contributed by atoms with E-state index in [0.29, 0.717) is 18.7 Å². The van der Waals surface area contributed by atoms with Crippen molar-refractivity contribution in [1.29, 1.82) is 0 Å². The van der Waals surface area contributed by atoms with E-state index in [-0.39, 0.29) is 56.1 Å². The van der Waals surface area contributed by atoms with E-state index in [2.05, 4.69) is 88.0 Å². The molecule has 18 heteroatoms. The highest BCUT2D eigenvalue weighted by Crippen LogP contribution is 2.43. The maximum absolute atomic E-state index is 13.3. The molecule has 16 nitrogen and oxygen atoms in total. The molecule has 0 unspecified atom stereocenters. The fourth-order valence-electron chi connectivity index (χ4n) is 5.90. The number of nitrogens with one attached hydrogen (secondary N) is 1. The van der Waals surface area contributed by atoms with Gasteiger partial charge in [-0.05, 0) is 36.3 Å². The highest BCUT2D eigenvalue weighted by atomic mass is 28.4. The molecule has 0 bridgehead atoms. The van der Waals surface area contributed by atoms with Crippen molar-refractivity contribution in [2.45, 2.75) is 109 Å². The van der Waals surface area contributed by atoms with Gasteiger partial charge in [-0.1, -0.05) is 77.9 Å². The molecule has 1 aliphatic heterocycles. The Labute approximate surface area is 322 Å². The lowest BCUT2D eigenvalue weighted by Gasteiger charge is -2.40. The third-order valence-electron chi connectivity index (χ3n) is 11.1. The zero-order chi connectivity index (χ0) is 40.5. The number of carbonyl (C=O) groups is 1. The molecular formula is C37H51N7O9Si2. The molecule has 3 atom stereocenters. The number of nitro groups is 2. The first-order chi connectivity index (χ1) is 25.6. The smallest absolute Gasteiger partial charge is 0.412 e. The first-order valence-corrected chi connectivity index (χ1v) is 24.0. The Morgan fingerprint density at radius 3 is 2.02 bits per heavy atom. The molecule has 1 N–H and O–H groups in total. The molecule has 0 saturated carbocycles. The Balaban J connectivity index is 1.38. The first-order valence-electron chi connectivity index (χ1n) is 18.2. The number of nitrogens with zero attached hydrogens (tertiary/aromatic N) is 6. The molecule has 3 heterocycles. The van der Waals surface area contributed by atoms with Crippen molar-refractivity contribution in [2.24, 2.45) is 0 Å². The minimum atomic E-state index is -2.20. The van der Waals surface area contributed by atoms with Gasteiger partial charge in [0, 0.05) is 29.7 Å². The van der Waals surface area contributed by atoms with E-state index in [9.17, 15) is 25.0 Å². The van der Waals surface area contributed by atoms with Crippen LogP contribution in [0.5, 0.6) is 0 Å². The molecule has 2 aromatic carbocycles. The molecule has 2 aromatic heterocycles. The topological polar surface area (TPSA) is 196 Å². The van der Waals surface area contributed by atoms with Crippen LogP contribution >= 0.6 is 0 Å². The molecule has 0 radical (unpaired) electrons. The monoisotopic (exact) mass is 793 g/mol. The number of hydrogen-bond acceptors (Lipinski definition) is 12. The second-order valence-electron chi connectivity index (χ2n) is 16.8. The van der Waals surface area contributed by atoms with Crippen LogP contribution < -0.4 is 5.32 Å². The van der Waals surface area contributed by atoms with Gasteiger partial charge in [0.15, 0.2) is 33.6 Å². The summed E-state index contributed by atoms with van der Waals surface area (Å²) in [7, 11) is -4.30. The number of ether oxygens (including phenoxy) is 2. The van der Waals surface area contributed by atoms with Crippen molar-refractivity contribution in [1.82, 2.24) is 19.5 Å². The summed E-state index contributed by atoms with van der Waals surface area (Å²) in [6.07, 6.45) is 1.38. The highest BCUT2D eigenvalue weighted by Gasteiger charge is 2.47. The number of benzene rings is 2. The lowest BCUT2D eigenvalue weighted by atomic mass is 9.89. The number of anilines is 1. The van der Waals surface area contributed by atoms with Crippen LogP contribution in [0.3, 0.4) is 0 Å². The van der Waals surface area contributed by atoms with Gasteiger partial charge in [-0.3, -0.25) is 30.1 Å². The van der Waals surface area contributed by atoms with E-state index < -0.39 is 51.3 Å². The molecule has 1 fully saturated rings. The number of fused-ring (bicyclic) bond motifs is 1. The summed E-state index contributed by atoms with van der Waals surface area (Å²) in [5.41, 5.74) is 0.455. The number of nitro benzene ring substituents is 2. The van der Waals surface area contributed by atoms with Crippen LogP contribution in [0, 0.1) is 20.2 Å². The van der Waals surface area contributed by atoms with Gasteiger partial charge in [0.2, 0.25) is 0 Å². The molecule has 55 heavy (non-hydrogen) atoms. The molecule has 1 saturated heterocycles. The molecule has 4 aromatic rings. The summed E-state index contributed by atoms with van der Waals surface area (Å²) >= 11 is 0. The largest absolute Gasteiger partial charge is 0.448 e. The van der Waals surface area contributed by atoms with Gasteiger partial charge in [-0.2, -0.15) is 0 Å². The fraction of sp³-hybridized carbons (Fsp3) is 0.514. The van der Waals surface area contributed by atoms with Gasteiger partial charge in [0.05, 0.1) is 34.8 Å². The Bertz CT molecular complexity index is 1990. The SMILES string of the molecule is CC(C)(C)[Si](C)(C)OC[C@H]1O[C@@H](n2cnc3c(NC(=O)OCC(c4ccccc4[N+](=O)[O-])c4ccccc4[N+](=O)[O-])ncnc32)C[C@@H]1O[Si](C)(C)C(C)(C)C. The number of imidazole rings is 1. The van der Waals surface area contributed by atoms with Gasteiger partial charge in [0.25, 0.3) is 11.4 Å². The van der Waals surface area contributed by atoms with E-state index in [4.69, 9.17) is 18.3 Å². The van der Waals surface area contributed by atoms with Crippen LogP contribution in [0.15, 0.2) is 61.2 Å². The first kappa shape index (κ1) is 41.5. The second-order valence-corrected chi connectivity index (χ2v) is 26.4. The summed E-state index contributed by atoms with van der Waals surface area (Å²) in [5.74, 6) is -0.972. The summed E-state index contributed by atoms with van der Waals surface area (Å²) in [4.78, 5) is 49.3. The number of para-hydroxylation sites is 2. The maximum atomic E-state index is 13.3. The van der Waals surface area contributed by atoms with Crippen molar-refractivity contribution >= 4 is 51.1 Å². The number of amides is 1. The van der Waals surface area contributed by atoms with E-state index in [1.54, 1.807) is 23.0 Å². The van der Waals surface area contributed by atoms with Crippen molar-refractivity contribution in [3.63, 3.8) is 0 Å². The minimum absolute atomic E-state index is 0.0166. The zero-order valence-corrected chi connectivity index (χ0v) is 35.1. The summed E-state index contributed by atoms with van der Waals surface area (Å²) < 4.78 is 27.6. The average molecular weight is 794 g/mol. The van der Waals surface area contributed by atoms with Gasteiger partial charge < -0.3 is 18.3 Å². The zero-order valence-electron chi connectivity index (χ0n) is 33.1. The number of aromatic nitrogens is 4. The van der Waals surface area contributed by atoms with Crippen LogP contribution in [0.25, 0.3) is 11.2 Å². The van der Waals surface area contributed by atoms with Crippen molar-refractivity contribution in [3.05, 3.63) is 92.5 Å². The third-order valence-corrected chi connectivity index (χ3v) is 20.1. The van der Waals surface area contributed by atoms with E-state index >= 15 is 0 Å². The number of rotatable bonds is 13. The predicted molar refractivity (Wildman–Crippen MR) is 212 cm³/mol. The Morgan fingerprint density at radius 2 is 1.47 bits per heavy atom. The standard InChI is InChI=1S/C37H51N7O9Si2/c1-36(2,3)54(7,8)51-21-30-29(53-55(9,10)37(4,5)6)19-31(52-30)42-23-40-32-33(38-22-39-34(32)42)41-35(45)50-20-26(24-15-11-13-17-27(24)43(46)47)25-16-12-14-18-28(25)44(48)49/h11-18,22-23,26,29-31H,19-21H2,1-10H3,(H,38,39,41,45)/t29-,30+,31+/m0/s1. The number of carbonyl (C=O) groups excluding carboxylic acids is 1. The molecular weight excluding hydrogens is 743 g/mol. The molecule has 5 rings (SSSR count). The average Bonchev–Trinajstić information content (AvgIpc) is 3.71. The molecule has 296 valence electrons. The van der Waals surface area contributed by atoms with Gasteiger partial charge in [-0.15, -0.1) is 0 Å². The van der Waals surface area contributed by atoms with Crippen LogP contribution in [-0.2, 0) is 18.3 Å². The lowest BCUT2D eigenvalue weighted by molar-refractivity contribution is -0.386. The normalized spacial score (nSPS) is 18.1. The van der Waals surface area contributed by atoms with Crippen LogP contribution in [0.1, 0.15) is 71.2 Å². The second kappa shape index (κ2) is 15.9. The third kappa shape index (κ3) is 9.10. The van der Waals surface area contributed by atoms with Crippen LogP contribution in [0.2, 0.25) is 36.3 Å². The van der Waals surface area contributed by atoms with E-state index in [1.165, 1.54) is 42.7 Å². The maximum Gasteiger partial charge on any atom is 0.412 e. The lowest BCUT2D eigenvalue weighted by Crippen LogP contribution is -2.48. The Kier molecular flexibility index (Phi) is 12.0. The Morgan fingerprint density at radius 1 is 0.909 bits per heavy atom. The highest BCUT2D eigenvalue weighted by molar-refractivity contribution is 6.74. The molecule has 0 aliphatic carbocycles. The van der Waals surface area contributed by atoms with Crippen molar-refractivity contribution < 1.29 is 33.0 Å². The molecule has 1 amide bonds. The Hall–Kier alpha value is -4.63. The molecule has 1 aliphatic rings. The molecule has 0 spiro atoms. The van der Waals surface area contributed by atoms with Gasteiger partial charge >= 0.3 is 6.09 Å². The van der Waals surface area contributed by atoms with Gasteiger partial charge in [0.1, 0.15) is 25.3 Å². The van der Waals surface area contributed by atoms with Crippen LogP contribution in [0.4, 0.5) is 22.0 Å². The summed E-state index contributed by atoms with van der Waals surface area (Å²) in [5, 5.41) is 26.5. The quantitative estimate of drug-likeness (QED) is 0.0769. The summed E-state index contributed by atoms with van der Waals surface area (Å²) in [6.45, 7) is 22.0. The fourth-order valence-corrected chi connectivity index (χ4v) is 8.27. The van der Waals surface area contributed by atoms with Gasteiger partial charge in [-0.25, -0.2) is 19.7 Å². The van der Waals surface area contributed by atoms with Crippen molar-refractivity contribution in [3.8, 4) is 0 Å². The van der Waals surface area contributed by atoms with Crippen molar-refractivity contribution in [2.75, 3.05) is 18.5 Å². The number of hydrogen-bond donors (Lipinski definition) is 1.